The van der Waals surface area contributed by atoms with Crippen LogP contribution >= 0.6 is 0 Å². The van der Waals surface area contributed by atoms with Gasteiger partial charge in [-0.25, -0.2) is 0 Å². The van der Waals surface area contributed by atoms with Gasteiger partial charge in [0.25, 0.3) is 0 Å². The quantitative estimate of drug-likeness (QED) is 0.561. The van der Waals surface area contributed by atoms with E-state index in [1.165, 1.54) is 0 Å². The maximum atomic E-state index is 11.6. The van der Waals surface area contributed by atoms with Crippen LogP contribution in [0.2, 0.25) is 0 Å². The summed E-state index contributed by atoms with van der Waals surface area (Å²) in [6, 6.07) is 0. The minimum atomic E-state index is -0.867. The van der Waals surface area contributed by atoms with Crippen LogP contribution in [0.25, 0.3) is 0 Å². The average molecular weight is 254 g/mol. The Morgan fingerprint density at radius 3 is 2.44 bits per heavy atom. The second-order valence-corrected chi connectivity index (χ2v) is 5.40. The molecule has 2 unspecified atom stereocenters. The first-order chi connectivity index (χ1) is 8.17. The summed E-state index contributed by atoms with van der Waals surface area (Å²) in [4.78, 5) is 11.6. The first-order valence-electron chi connectivity index (χ1n) is 6.41. The van der Waals surface area contributed by atoms with Crippen LogP contribution in [0.3, 0.4) is 0 Å². The minimum absolute atomic E-state index is 0.0515. The van der Waals surface area contributed by atoms with Gasteiger partial charge in [0.05, 0.1) is 11.5 Å². The summed E-state index contributed by atoms with van der Waals surface area (Å²) in [6.07, 6.45) is 4.31. The van der Waals surface area contributed by atoms with Crippen molar-refractivity contribution in [3.8, 4) is 0 Å². The van der Waals surface area contributed by atoms with Crippen molar-refractivity contribution in [2.24, 2.45) is 11.8 Å². The fourth-order valence-electron chi connectivity index (χ4n) is 1.19. The summed E-state index contributed by atoms with van der Waals surface area (Å²) in [5, 5.41) is 9.63. The van der Waals surface area contributed by atoms with Gasteiger partial charge in [-0.15, -0.1) is 0 Å². The molecule has 0 aliphatic carbocycles. The van der Waals surface area contributed by atoms with Crippen molar-refractivity contribution in [2.45, 2.75) is 46.6 Å². The van der Waals surface area contributed by atoms with Crippen molar-refractivity contribution in [2.75, 3.05) is 6.61 Å². The highest BCUT2D eigenvalue weighted by molar-refractivity contribution is 5.71. The molecule has 0 fully saturated rings. The van der Waals surface area contributed by atoms with E-state index in [2.05, 4.69) is 6.58 Å². The number of ether oxygens (including phenoxy) is 1. The van der Waals surface area contributed by atoms with Crippen LogP contribution in [0, 0.1) is 11.8 Å². The van der Waals surface area contributed by atoms with E-state index in [9.17, 15) is 9.90 Å². The molecule has 104 valence electrons. The number of rotatable bonds is 7. The van der Waals surface area contributed by atoms with Crippen molar-refractivity contribution in [3.05, 3.63) is 24.3 Å². The van der Waals surface area contributed by atoms with Gasteiger partial charge in [-0.2, -0.15) is 0 Å². The lowest BCUT2D eigenvalue weighted by Crippen LogP contribution is -2.20. The van der Waals surface area contributed by atoms with Crippen LogP contribution in [-0.2, 0) is 9.53 Å². The second kappa shape index (κ2) is 7.37. The Kier molecular flexibility index (Phi) is 6.92. The number of aliphatic hydroxyl groups is 1. The number of carbonyl (C=O) groups is 1. The molecule has 0 saturated carbocycles. The summed E-state index contributed by atoms with van der Waals surface area (Å²) in [6.45, 7) is 13.2. The molecule has 3 nitrogen and oxygen atoms in total. The molecule has 18 heavy (non-hydrogen) atoms. The monoisotopic (exact) mass is 254 g/mol. The molecule has 0 heterocycles. The predicted octanol–water partition coefficient (Wildman–Crippen LogP) is 3.10. The minimum Gasteiger partial charge on any atom is -0.465 e. The third kappa shape index (κ3) is 7.28. The third-order valence-corrected chi connectivity index (χ3v) is 2.79. The van der Waals surface area contributed by atoms with Crippen LogP contribution in [0.5, 0.6) is 0 Å². The molecule has 0 aromatic rings. The molecule has 0 aliphatic rings. The molecule has 0 aliphatic heterocycles. The van der Waals surface area contributed by atoms with Crippen molar-refractivity contribution in [1.29, 1.82) is 0 Å². The Balaban J connectivity index is 4.44. The van der Waals surface area contributed by atoms with E-state index in [1.54, 1.807) is 19.9 Å². The number of esters is 1. The lowest BCUT2D eigenvalue weighted by Gasteiger charge is -2.17. The molecule has 0 saturated heterocycles. The molecule has 0 radical (unpaired) electrons. The average Bonchev–Trinajstić information content (AvgIpc) is 2.25. The highest BCUT2D eigenvalue weighted by Crippen LogP contribution is 2.15. The summed E-state index contributed by atoms with van der Waals surface area (Å²) in [5.41, 5.74) is 0.0430. The van der Waals surface area contributed by atoms with Gasteiger partial charge in [-0.1, -0.05) is 38.2 Å². The Hall–Kier alpha value is -1.09. The first kappa shape index (κ1) is 16.9. The summed E-state index contributed by atoms with van der Waals surface area (Å²) >= 11 is 0. The molecule has 1 N–H and O–H groups in total. The Morgan fingerprint density at radius 2 is 2.06 bits per heavy atom. The number of hydrogen-bond acceptors (Lipinski definition) is 3. The molecule has 0 aromatic carbocycles. The van der Waals surface area contributed by atoms with Crippen molar-refractivity contribution in [3.63, 3.8) is 0 Å². The zero-order chi connectivity index (χ0) is 14.3. The van der Waals surface area contributed by atoms with Gasteiger partial charge in [0, 0.05) is 5.92 Å². The van der Waals surface area contributed by atoms with Gasteiger partial charge < -0.3 is 9.84 Å². The predicted molar refractivity (Wildman–Crippen MR) is 74.2 cm³/mol. The maximum absolute atomic E-state index is 11.6. The molecule has 0 spiro atoms. The van der Waals surface area contributed by atoms with E-state index in [4.69, 9.17) is 4.74 Å². The van der Waals surface area contributed by atoms with Gasteiger partial charge in [0.2, 0.25) is 0 Å². The van der Waals surface area contributed by atoms with Gasteiger partial charge in [0.15, 0.2) is 0 Å². The smallest absolute Gasteiger partial charge is 0.308 e. The van der Waals surface area contributed by atoms with Gasteiger partial charge in [0.1, 0.15) is 6.61 Å². The molecule has 0 bridgehead atoms. The van der Waals surface area contributed by atoms with E-state index in [-0.39, 0.29) is 24.4 Å². The number of carbonyl (C=O) groups excluding carboxylic acids is 1. The first-order valence-corrected chi connectivity index (χ1v) is 6.41. The molecule has 2 atom stereocenters. The third-order valence-electron chi connectivity index (χ3n) is 2.79. The fourth-order valence-corrected chi connectivity index (χ4v) is 1.19. The fraction of sp³-hybridized carbons (Fsp3) is 0.667. The van der Waals surface area contributed by atoms with E-state index in [1.807, 2.05) is 26.8 Å². The zero-order valence-corrected chi connectivity index (χ0v) is 12.2. The summed E-state index contributed by atoms with van der Waals surface area (Å²) in [7, 11) is 0. The van der Waals surface area contributed by atoms with Crippen molar-refractivity contribution < 1.29 is 14.6 Å². The van der Waals surface area contributed by atoms with Crippen LogP contribution in [0.1, 0.15) is 41.0 Å². The van der Waals surface area contributed by atoms with E-state index in [0.717, 1.165) is 12.0 Å². The summed E-state index contributed by atoms with van der Waals surface area (Å²) in [5.74, 6) is -0.307. The highest BCUT2D eigenvalue weighted by Gasteiger charge is 2.16. The van der Waals surface area contributed by atoms with Crippen molar-refractivity contribution in [1.82, 2.24) is 0 Å². The summed E-state index contributed by atoms with van der Waals surface area (Å²) < 4.78 is 5.25. The van der Waals surface area contributed by atoms with Crippen LogP contribution in [0.15, 0.2) is 24.3 Å². The Morgan fingerprint density at radius 1 is 1.50 bits per heavy atom. The Labute approximate surface area is 111 Å². The molecule has 0 aromatic heterocycles. The zero-order valence-electron chi connectivity index (χ0n) is 12.2. The molecular formula is C15H26O3. The second-order valence-electron chi connectivity index (χ2n) is 5.40. The van der Waals surface area contributed by atoms with Crippen LogP contribution in [-0.4, -0.2) is 23.3 Å². The largest absolute Gasteiger partial charge is 0.465 e. The van der Waals surface area contributed by atoms with Crippen molar-refractivity contribution >= 4 is 5.97 Å². The van der Waals surface area contributed by atoms with Gasteiger partial charge >= 0.3 is 5.97 Å². The van der Waals surface area contributed by atoms with Gasteiger partial charge in [-0.3, -0.25) is 4.79 Å². The van der Waals surface area contributed by atoms with Crippen LogP contribution in [0.4, 0.5) is 0 Å². The van der Waals surface area contributed by atoms with Gasteiger partial charge in [-0.05, 0) is 27.2 Å². The topological polar surface area (TPSA) is 46.5 Å². The molecular weight excluding hydrogens is 228 g/mol. The van der Waals surface area contributed by atoms with Crippen LogP contribution < -0.4 is 0 Å². The normalized spacial score (nSPS) is 15.4. The van der Waals surface area contributed by atoms with E-state index < -0.39 is 5.60 Å². The maximum Gasteiger partial charge on any atom is 0.308 e. The lowest BCUT2D eigenvalue weighted by molar-refractivity contribution is -0.148. The van der Waals surface area contributed by atoms with E-state index >= 15 is 0 Å². The Bertz CT molecular complexity index is 310. The molecule has 3 heteroatoms. The van der Waals surface area contributed by atoms with E-state index in [0.29, 0.717) is 0 Å². The number of hydrogen-bond donors (Lipinski definition) is 1. The highest BCUT2D eigenvalue weighted by atomic mass is 16.5. The molecule has 0 rings (SSSR count). The SMILES string of the molecule is C=C(C)C(/C=C/C(C)(C)O)COC(=O)C(C)CC. The standard InChI is InChI=1S/C15H26O3/c1-7-12(4)14(16)18-10-13(11(2)3)8-9-15(5,6)17/h8-9,12-13,17H,2,7,10H2,1,3-6H3/b9-8+. The lowest BCUT2D eigenvalue weighted by atomic mass is 9.99. The molecule has 0 amide bonds.